The summed E-state index contributed by atoms with van der Waals surface area (Å²) in [7, 11) is 1.54. The number of aromatic nitrogens is 2. The molecule has 82 valence electrons. The summed E-state index contributed by atoms with van der Waals surface area (Å²) in [6.07, 6.45) is 0.734. The van der Waals surface area contributed by atoms with Gasteiger partial charge in [-0.1, -0.05) is 5.16 Å². The van der Waals surface area contributed by atoms with Crippen LogP contribution >= 0.6 is 0 Å². The van der Waals surface area contributed by atoms with Crippen LogP contribution in [0.1, 0.15) is 16.2 Å². The van der Waals surface area contributed by atoms with Crippen LogP contribution in [-0.2, 0) is 0 Å². The Kier molecular flexibility index (Phi) is 2.68. The molecule has 5 nitrogen and oxygen atoms in total. The molecule has 0 unspecified atom stereocenters. The monoisotopic (exact) mass is 218 g/mol. The van der Waals surface area contributed by atoms with Crippen LogP contribution in [0, 0.1) is 6.92 Å². The average molecular weight is 218 g/mol. The molecular weight excluding hydrogens is 208 g/mol. The Balaban J connectivity index is 2.52. The summed E-state index contributed by atoms with van der Waals surface area (Å²) in [5, 5.41) is 3.68. The van der Waals surface area contributed by atoms with Gasteiger partial charge in [0.1, 0.15) is 5.75 Å². The van der Waals surface area contributed by atoms with E-state index < -0.39 is 0 Å². The Morgan fingerprint density at radius 3 is 2.81 bits per heavy atom. The molecule has 0 aliphatic heterocycles. The van der Waals surface area contributed by atoms with Crippen LogP contribution in [-0.4, -0.2) is 23.5 Å². The third kappa shape index (κ3) is 1.79. The second-order valence-electron chi connectivity index (χ2n) is 3.22. The molecule has 1 aromatic carbocycles. The second-order valence-corrected chi connectivity index (χ2v) is 3.22. The van der Waals surface area contributed by atoms with Crippen molar-refractivity contribution in [3.8, 4) is 17.2 Å². The van der Waals surface area contributed by atoms with E-state index in [1.165, 1.54) is 0 Å². The van der Waals surface area contributed by atoms with Crippen molar-refractivity contribution >= 4 is 6.29 Å². The van der Waals surface area contributed by atoms with Crippen molar-refractivity contribution in [2.45, 2.75) is 6.92 Å². The lowest BCUT2D eigenvalue weighted by atomic mass is 10.1. The largest absolute Gasteiger partial charge is 0.497 e. The number of carbonyl (C=O) groups excluding carboxylic acids is 1. The summed E-state index contributed by atoms with van der Waals surface area (Å²) in [5.41, 5.74) is 1.07. The van der Waals surface area contributed by atoms with Crippen molar-refractivity contribution in [1.29, 1.82) is 0 Å². The minimum Gasteiger partial charge on any atom is -0.497 e. The van der Waals surface area contributed by atoms with Crippen molar-refractivity contribution in [2.75, 3.05) is 7.11 Å². The Bertz CT molecular complexity index is 520. The first-order valence-corrected chi connectivity index (χ1v) is 4.68. The Hall–Kier alpha value is -2.17. The maximum absolute atomic E-state index is 10.9. The predicted octanol–water partition coefficient (Wildman–Crippen LogP) is 1.87. The lowest BCUT2D eigenvalue weighted by molar-refractivity contribution is 0.112. The molecule has 2 aromatic rings. The minimum atomic E-state index is 0.335. The molecule has 0 amide bonds. The number of aryl methyl sites for hydroxylation is 1. The van der Waals surface area contributed by atoms with Crippen LogP contribution in [0.5, 0.6) is 5.75 Å². The number of rotatable bonds is 3. The van der Waals surface area contributed by atoms with Crippen LogP contribution in [0.2, 0.25) is 0 Å². The van der Waals surface area contributed by atoms with Gasteiger partial charge in [-0.05, 0) is 25.1 Å². The van der Waals surface area contributed by atoms with Crippen molar-refractivity contribution in [1.82, 2.24) is 10.1 Å². The predicted molar refractivity (Wildman–Crippen MR) is 56.4 cm³/mol. The van der Waals surface area contributed by atoms with E-state index in [2.05, 4.69) is 10.1 Å². The maximum atomic E-state index is 10.9. The average Bonchev–Trinajstić information content (AvgIpc) is 2.74. The first-order chi connectivity index (χ1) is 7.74. The highest BCUT2D eigenvalue weighted by molar-refractivity contribution is 5.86. The zero-order valence-electron chi connectivity index (χ0n) is 8.93. The molecule has 1 heterocycles. The molecule has 0 aliphatic carbocycles. The first kappa shape index (κ1) is 10.4. The van der Waals surface area contributed by atoms with E-state index in [1.54, 1.807) is 32.2 Å². The topological polar surface area (TPSA) is 65.2 Å². The molecule has 0 saturated heterocycles. The zero-order chi connectivity index (χ0) is 11.5. The standard InChI is InChI=1S/C11H10N2O3/c1-7-12-11(16-13-7)10-4-3-9(15-2)5-8(10)6-14/h3-6H,1-2H3. The number of benzene rings is 1. The SMILES string of the molecule is COc1ccc(-c2nc(C)no2)c(C=O)c1. The fourth-order valence-electron chi connectivity index (χ4n) is 1.37. The molecule has 0 fully saturated rings. The normalized spacial score (nSPS) is 10.1. The summed E-state index contributed by atoms with van der Waals surface area (Å²) in [6.45, 7) is 1.72. The molecule has 0 saturated carbocycles. The molecule has 0 N–H and O–H groups in total. The van der Waals surface area contributed by atoms with E-state index in [0.717, 1.165) is 6.29 Å². The summed E-state index contributed by atoms with van der Waals surface area (Å²) >= 11 is 0. The summed E-state index contributed by atoms with van der Waals surface area (Å²) in [5.74, 6) is 1.48. The summed E-state index contributed by atoms with van der Waals surface area (Å²) in [4.78, 5) is 15.0. The molecule has 16 heavy (non-hydrogen) atoms. The number of hydrogen-bond acceptors (Lipinski definition) is 5. The van der Waals surface area contributed by atoms with E-state index >= 15 is 0 Å². The maximum Gasteiger partial charge on any atom is 0.258 e. The highest BCUT2D eigenvalue weighted by Crippen LogP contribution is 2.24. The lowest BCUT2D eigenvalue weighted by Crippen LogP contribution is -1.90. The fraction of sp³-hybridized carbons (Fsp3) is 0.182. The summed E-state index contributed by atoms with van der Waals surface area (Å²) in [6, 6.07) is 5.08. The van der Waals surface area contributed by atoms with E-state index in [9.17, 15) is 4.79 Å². The van der Waals surface area contributed by atoms with Gasteiger partial charge in [0.05, 0.1) is 12.7 Å². The Labute approximate surface area is 92.0 Å². The molecule has 0 atom stereocenters. The molecule has 5 heteroatoms. The van der Waals surface area contributed by atoms with Crippen molar-refractivity contribution in [3.05, 3.63) is 29.6 Å². The summed E-state index contributed by atoms with van der Waals surface area (Å²) < 4.78 is 10.0. The second kappa shape index (κ2) is 4.14. The van der Waals surface area contributed by atoms with Gasteiger partial charge >= 0.3 is 0 Å². The highest BCUT2D eigenvalue weighted by atomic mass is 16.5. The van der Waals surface area contributed by atoms with Gasteiger partial charge < -0.3 is 9.26 Å². The zero-order valence-corrected chi connectivity index (χ0v) is 8.93. The van der Waals surface area contributed by atoms with Crippen molar-refractivity contribution in [2.24, 2.45) is 0 Å². The van der Waals surface area contributed by atoms with Gasteiger partial charge in [-0.15, -0.1) is 0 Å². The van der Waals surface area contributed by atoms with Crippen LogP contribution < -0.4 is 4.74 Å². The van der Waals surface area contributed by atoms with Crippen molar-refractivity contribution < 1.29 is 14.1 Å². The number of carbonyl (C=O) groups is 1. The van der Waals surface area contributed by atoms with E-state index in [0.29, 0.717) is 28.6 Å². The Morgan fingerprint density at radius 2 is 2.25 bits per heavy atom. The fourth-order valence-corrected chi connectivity index (χ4v) is 1.37. The molecular formula is C11H10N2O3. The van der Waals surface area contributed by atoms with Crippen LogP contribution in [0.4, 0.5) is 0 Å². The third-order valence-corrected chi connectivity index (χ3v) is 2.14. The van der Waals surface area contributed by atoms with Gasteiger partial charge in [0.15, 0.2) is 12.1 Å². The van der Waals surface area contributed by atoms with E-state index in [-0.39, 0.29) is 0 Å². The van der Waals surface area contributed by atoms with Crippen LogP contribution in [0.25, 0.3) is 11.5 Å². The van der Waals surface area contributed by atoms with Gasteiger partial charge in [-0.2, -0.15) is 4.98 Å². The smallest absolute Gasteiger partial charge is 0.258 e. The Morgan fingerprint density at radius 1 is 1.44 bits per heavy atom. The van der Waals surface area contributed by atoms with E-state index in [1.807, 2.05) is 0 Å². The quantitative estimate of drug-likeness (QED) is 0.736. The van der Waals surface area contributed by atoms with Gasteiger partial charge in [-0.3, -0.25) is 4.79 Å². The molecule has 0 aliphatic rings. The molecule has 2 rings (SSSR count). The first-order valence-electron chi connectivity index (χ1n) is 4.68. The molecule has 0 spiro atoms. The van der Waals surface area contributed by atoms with Crippen molar-refractivity contribution in [3.63, 3.8) is 0 Å². The number of nitrogens with zero attached hydrogens (tertiary/aromatic N) is 2. The van der Waals surface area contributed by atoms with Gasteiger partial charge in [0, 0.05) is 5.56 Å². The van der Waals surface area contributed by atoms with E-state index in [4.69, 9.17) is 9.26 Å². The van der Waals surface area contributed by atoms with Gasteiger partial charge in [0.25, 0.3) is 5.89 Å². The van der Waals surface area contributed by atoms with Gasteiger partial charge in [-0.25, -0.2) is 0 Å². The molecule has 0 radical (unpaired) electrons. The number of ether oxygens (including phenoxy) is 1. The lowest BCUT2D eigenvalue weighted by Gasteiger charge is -2.03. The minimum absolute atomic E-state index is 0.335. The number of methoxy groups -OCH3 is 1. The molecule has 0 bridgehead atoms. The third-order valence-electron chi connectivity index (χ3n) is 2.14. The van der Waals surface area contributed by atoms with Crippen LogP contribution in [0.3, 0.4) is 0 Å². The molecule has 1 aromatic heterocycles. The van der Waals surface area contributed by atoms with Crippen LogP contribution in [0.15, 0.2) is 22.7 Å². The highest BCUT2D eigenvalue weighted by Gasteiger charge is 2.11. The van der Waals surface area contributed by atoms with Gasteiger partial charge in [0.2, 0.25) is 0 Å². The number of hydrogen-bond donors (Lipinski definition) is 0. The number of aldehydes is 1.